The highest BCUT2D eigenvalue weighted by Gasteiger charge is 2.27. The molecule has 0 spiro atoms. The van der Waals surface area contributed by atoms with E-state index in [1.54, 1.807) is 24.1 Å². The highest BCUT2D eigenvalue weighted by Crippen LogP contribution is 2.14. The third-order valence-electron chi connectivity index (χ3n) is 3.36. The van der Waals surface area contributed by atoms with Gasteiger partial charge >= 0.3 is 0 Å². The van der Waals surface area contributed by atoms with Gasteiger partial charge in [-0.25, -0.2) is 4.39 Å². The van der Waals surface area contributed by atoms with Crippen molar-refractivity contribution in [3.8, 4) is 0 Å². The zero-order valence-electron chi connectivity index (χ0n) is 12.9. The molecule has 0 saturated carbocycles. The van der Waals surface area contributed by atoms with Crippen molar-refractivity contribution in [2.75, 3.05) is 7.05 Å². The van der Waals surface area contributed by atoms with Crippen molar-refractivity contribution in [2.45, 2.75) is 45.7 Å². The van der Waals surface area contributed by atoms with Crippen LogP contribution in [0.15, 0.2) is 24.3 Å². The summed E-state index contributed by atoms with van der Waals surface area (Å²) in [5.41, 5.74) is 0.809. The highest BCUT2D eigenvalue weighted by atomic mass is 19.1. The predicted molar refractivity (Wildman–Crippen MR) is 80.0 cm³/mol. The van der Waals surface area contributed by atoms with E-state index in [0.717, 1.165) is 12.0 Å². The third-order valence-corrected chi connectivity index (χ3v) is 3.36. The van der Waals surface area contributed by atoms with Crippen molar-refractivity contribution < 1.29 is 14.0 Å². The summed E-state index contributed by atoms with van der Waals surface area (Å²) in [4.78, 5) is 25.9. The highest BCUT2D eigenvalue weighted by molar-refractivity contribution is 5.87. The van der Waals surface area contributed by atoms with E-state index in [0.29, 0.717) is 19.4 Å². The van der Waals surface area contributed by atoms with Gasteiger partial charge in [-0.2, -0.15) is 0 Å². The molecule has 1 rings (SSSR count). The Bertz CT molecular complexity index is 474. The number of carbonyl (C=O) groups is 2. The minimum absolute atomic E-state index is 0.0581. The molecule has 1 atom stereocenters. The molecule has 4 nitrogen and oxygen atoms in total. The molecule has 21 heavy (non-hydrogen) atoms. The molecular formula is C16H23FN2O2. The van der Waals surface area contributed by atoms with Gasteiger partial charge in [-0.1, -0.05) is 26.0 Å². The number of hydrogen-bond donors (Lipinski definition) is 1. The number of amides is 2. The molecule has 1 N–H and O–H groups in total. The first kappa shape index (κ1) is 17.1. The molecule has 0 fully saturated rings. The average molecular weight is 294 g/mol. The van der Waals surface area contributed by atoms with Crippen LogP contribution in [0, 0.1) is 5.82 Å². The van der Waals surface area contributed by atoms with Gasteiger partial charge in [0.2, 0.25) is 11.8 Å². The molecule has 0 aliphatic rings. The Hall–Kier alpha value is -1.91. The van der Waals surface area contributed by atoms with Crippen molar-refractivity contribution >= 4 is 11.8 Å². The summed E-state index contributed by atoms with van der Waals surface area (Å²) in [5.74, 6) is -0.551. The molecule has 0 aliphatic heterocycles. The molecule has 0 heterocycles. The molecule has 5 heteroatoms. The lowest BCUT2D eigenvalue weighted by molar-refractivity contribution is -0.141. The first-order chi connectivity index (χ1) is 10.0. The summed E-state index contributed by atoms with van der Waals surface area (Å²) in [7, 11) is 1.56. The number of halogens is 1. The number of likely N-dealkylation sites (N-methyl/N-ethyl adjacent to an activating group) is 1. The molecule has 1 unspecified atom stereocenters. The fraction of sp³-hybridized carbons (Fsp3) is 0.500. The van der Waals surface area contributed by atoms with Gasteiger partial charge in [-0.3, -0.25) is 9.59 Å². The lowest BCUT2D eigenvalue weighted by Crippen LogP contribution is -2.48. The number of hydrogen-bond acceptors (Lipinski definition) is 2. The van der Waals surface area contributed by atoms with Crippen LogP contribution >= 0.6 is 0 Å². The van der Waals surface area contributed by atoms with Crippen LogP contribution in [-0.4, -0.2) is 29.8 Å². The standard InChI is InChI=1S/C16H23FN2O2/c1-4-6-15(20)19(14(5-2)16(21)18-3)11-12-7-9-13(17)10-8-12/h7-10,14H,4-6,11H2,1-3H3,(H,18,21). The maximum absolute atomic E-state index is 13.0. The minimum atomic E-state index is -0.501. The Balaban J connectivity index is 2.97. The summed E-state index contributed by atoms with van der Waals surface area (Å²) in [6.07, 6.45) is 1.66. The fourth-order valence-corrected chi connectivity index (χ4v) is 2.23. The normalized spacial score (nSPS) is 11.8. The largest absolute Gasteiger partial charge is 0.357 e. The second-order valence-electron chi connectivity index (χ2n) is 4.94. The van der Waals surface area contributed by atoms with Gasteiger partial charge < -0.3 is 10.2 Å². The van der Waals surface area contributed by atoms with Crippen LogP contribution in [0.2, 0.25) is 0 Å². The molecule has 116 valence electrons. The molecule has 0 radical (unpaired) electrons. The maximum atomic E-state index is 13.0. The van der Waals surface area contributed by atoms with Gasteiger partial charge in [0, 0.05) is 20.0 Å². The first-order valence-electron chi connectivity index (χ1n) is 7.28. The van der Waals surface area contributed by atoms with Crippen LogP contribution in [0.3, 0.4) is 0 Å². The SMILES string of the molecule is CCCC(=O)N(Cc1ccc(F)cc1)C(CC)C(=O)NC. The van der Waals surface area contributed by atoms with Crippen LogP contribution in [-0.2, 0) is 16.1 Å². The summed E-state index contributed by atoms with van der Waals surface area (Å²) in [6, 6.07) is 5.49. The Morgan fingerprint density at radius 3 is 2.33 bits per heavy atom. The van der Waals surface area contributed by atoms with Gasteiger partial charge in [0.1, 0.15) is 11.9 Å². The Morgan fingerprint density at radius 1 is 1.24 bits per heavy atom. The monoisotopic (exact) mass is 294 g/mol. The number of nitrogens with zero attached hydrogens (tertiary/aromatic N) is 1. The lowest BCUT2D eigenvalue weighted by Gasteiger charge is -2.30. The zero-order chi connectivity index (χ0) is 15.8. The van der Waals surface area contributed by atoms with Gasteiger partial charge in [0.15, 0.2) is 0 Å². The van der Waals surface area contributed by atoms with Gasteiger partial charge in [0.25, 0.3) is 0 Å². The lowest BCUT2D eigenvalue weighted by atomic mass is 10.1. The van der Waals surface area contributed by atoms with Crippen LogP contribution in [0.1, 0.15) is 38.7 Å². The Morgan fingerprint density at radius 2 is 1.86 bits per heavy atom. The van der Waals surface area contributed by atoms with Crippen molar-refractivity contribution in [1.29, 1.82) is 0 Å². The van der Waals surface area contributed by atoms with E-state index in [1.165, 1.54) is 12.1 Å². The molecule has 1 aromatic rings. The molecule has 0 bridgehead atoms. The topological polar surface area (TPSA) is 49.4 Å². The quantitative estimate of drug-likeness (QED) is 0.840. The van der Waals surface area contributed by atoms with Crippen LogP contribution in [0.5, 0.6) is 0 Å². The van der Waals surface area contributed by atoms with Gasteiger partial charge in [-0.15, -0.1) is 0 Å². The van der Waals surface area contributed by atoms with Gasteiger partial charge in [0.05, 0.1) is 0 Å². The number of benzene rings is 1. The molecule has 2 amide bonds. The molecule has 0 aliphatic carbocycles. The van der Waals surface area contributed by atoms with Crippen molar-refractivity contribution in [3.05, 3.63) is 35.6 Å². The van der Waals surface area contributed by atoms with Crippen molar-refractivity contribution in [2.24, 2.45) is 0 Å². The van der Waals surface area contributed by atoms with E-state index in [2.05, 4.69) is 5.32 Å². The van der Waals surface area contributed by atoms with Crippen LogP contribution in [0.25, 0.3) is 0 Å². The van der Waals surface area contributed by atoms with E-state index in [9.17, 15) is 14.0 Å². The fourth-order valence-electron chi connectivity index (χ4n) is 2.23. The minimum Gasteiger partial charge on any atom is -0.357 e. The summed E-state index contributed by atoms with van der Waals surface area (Å²) < 4.78 is 13.0. The number of nitrogens with one attached hydrogen (secondary N) is 1. The Kier molecular flexibility index (Phi) is 6.85. The summed E-state index contributed by atoms with van der Waals surface area (Å²) in [5, 5.41) is 2.60. The van der Waals surface area contributed by atoms with E-state index in [1.807, 2.05) is 13.8 Å². The second-order valence-corrected chi connectivity index (χ2v) is 4.94. The summed E-state index contributed by atoms with van der Waals surface area (Å²) in [6.45, 7) is 4.11. The van der Waals surface area contributed by atoms with Gasteiger partial charge in [-0.05, 0) is 30.5 Å². The zero-order valence-corrected chi connectivity index (χ0v) is 12.9. The van der Waals surface area contributed by atoms with Crippen LogP contribution < -0.4 is 5.32 Å². The molecule has 0 aromatic heterocycles. The Labute approximate surface area is 125 Å². The van der Waals surface area contributed by atoms with E-state index >= 15 is 0 Å². The van der Waals surface area contributed by atoms with Crippen LogP contribution in [0.4, 0.5) is 4.39 Å². The molecule has 1 aromatic carbocycles. The second kappa shape index (κ2) is 8.39. The van der Waals surface area contributed by atoms with E-state index in [4.69, 9.17) is 0 Å². The van der Waals surface area contributed by atoms with Crippen molar-refractivity contribution in [1.82, 2.24) is 10.2 Å². The predicted octanol–water partition coefficient (Wildman–Crippen LogP) is 2.48. The first-order valence-corrected chi connectivity index (χ1v) is 7.28. The number of rotatable bonds is 7. The van der Waals surface area contributed by atoms with E-state index < -0.39 is 6.04 Å². The molecular weight excluding hydrogens is 271 g/mol. The third kappa shape index (κ3) is 4.85. The van der Waals surface area contributed by atoms with Crippen molar-refractivity contribution in [3.63, 3.8) is 0 Å². The molecule has 0 saturated heterocycles. The smallest absolute Gasteiger partial charge is 0.242 e. The van der Waals surface area contributed by atoms with E-state index in [-0.39, 0.29) is 17.6 Å². The number of carbonyl (C=O) groups excluding carboxylic acids is 2. The summed E-state index contributed by atoms with van der Waals surface area (Å²) >= 11 is 0. The maximum Gasteiger partial charge on any atom is 0.242 e. The average Bonchev–Trinajstić information content (AvgIpc) is 2.48.